The molecule has 24 heavy (non-hydrogen) atoms. The van der Waals surface area contributed by atoms with Crippen LogP contribution in [0.15, 0.2) is 28.7 Å². The molecule has 1 aromatic carbocycles. The second-order valence-corrected chi connectivity index (χ2v) is 7.37. The average Bonchev–Trinajstić information content (AvgIpc) is 2.85. The molecule has 2 aliphatic rings. The lowest BCUT2D eigenvalue weighted by atomic mass is 9.81. The zero-order valence-corrected chi connectivity index (χ0v) is 15.1. The molecule has 0 bridgehead atoms. The summed E-state index contributed by atoms with van der Waals surface area (Å²) in [5.74, 6) is -1.45. The summed E-state index contributed by atoms with van der Waals surface area (Å²) in [6.45, 7) is 1.69. The Bertz CT molecular complexity index is 633. The first kappa shape index (κ1) is 17.1. The normalized spacial score (nSPS) is 24.7. The van der Waals surface area contributed by atoms with E-state index >= 15 is 0 Å². The number of rotatable bonds is 4. The van der Waals surface area contributed by atoms with Gasteiger partial charge in [0.25, 0.3) is 0 Å². The van der Waals surface area contributed by atoms with Gasteiger partial charge in [-0.2, -0.15) is 0 Å². The number of imide groups is 1. The summed E-state index contributed by atoms with van der Waals surface area (Å²) in [5, 5.41) is 0. The van der Waals surface area contributed by atoms with Crippen LogP contribution < -0.4 is 0 Å². The van der Waals surface area contributed by atoms with Crippen LogP contribution in [0, 0.1) is 11.8 Å². The lowest BCUT2D eigenvalue weighted by molar-refractivity contribution is -0.159. The zero-order chi connectivity index (χ0) is 17.3. The Morgan fingerprint density at radius 2 is 1.71 bits per heavy atom. The molecule has 0 N–H and O–H groups in total. The van der Waals surface area contributed by atoms with Gasteiger partial charge >= 0.3 is 5.97 Å². The molecule has 0 aromatic heterocycles. The molecule has 3 atom stereocenters. The number of amides is 2. The fourth-order valence-electron chi connectivity index (χ4n) is 3.53. The molecule has 1 saturated heterocycles. The number of hydrogen-bond acceptors (Lipinski definition) is 4. The SMILES string of the molecule is C[C@@H](C(=O)OCc1ccc(Br)cc1)N1C(=O)[C@H]2CCCC[C@@H]2C1=O. The molecule has 0 radical (unpaired) electrons. The molecule has 1 aliphatic carbocycles. The lowest BCUT2D eigenvalue weighted by Gasteiger charge is -2.21. The molecule has 3 rings (SSSR count). The summed E-state index contributed by atoms with van der Waals surface area (Å²) in [6, 6.07) is 6.56. The minimum atomic E-state index is -0.869. The van der Waals surface area contributed by atoms with E-state index < -0.39 is 12.0 Å². The van der Waals surface area contributed by atoms with Crippen molar-refractivity contribution in [1.82, 2.24) is 4.90 Å². The molecular formula is C18H20BrNO4. The predicted molar refractivity (Wildman–Crippen MR) is 90.7 cm³/mol. The Morgan fingerprint density at radius 1 is 1.17 bits per heavy atom. The van der Waals surface area contributed by atoms with Gasteiger partial charge in [-0.15, -0.1) is 0 Å². The van der Waals surface area contributed by atoms with Crippen molar-refractivity contribution in [2.24, 2.45) is 11.8 Å². The van der Waals surface area contributed by atoms with Crippen LogP contribution in [0.1, 0.15) is 38.2 Å². The van der Waals surface area contributed by atoms with Crippen molar-refractivity contribution >= 4 is 33.7 Å². The molecule has 0 unspecified atom stereocenters. The summed E-state index contributed by atoms with van der Waals surface area (Å²) in [7, 11) is 0. The van der Waals surface area contributed by atoms with E-state index in [0.717, 1.165) is 40.6 Å². The third-order valence-corrected chi connectivity index (χ3v) is 5.43. The van der Waals surface area contributed by atoms with E-state index in [1.165, 1.54) is 0 Å². The highest BCUT2D eigenvalue weighted by molar-refractivity contribution is 9.10. The van der Waals surface area contributed by atoms with E-state index in [1.807, 2.05) is 24.3 Å². The van der Waals surface area contributed by atoms with E-state index in [0.29, 0.717) is 0 Å². The summed E-state index contributed by atoms with van der Waals surface area (Å²) in [5.41, 5.74) is 0.853. The molecule has 128 valence electrons. The van der Waals surface area contributed by atoms with Gasteiger partial charge in [-0.3, -0.25) is 14.5 Å². The fraction of sp³-hybridized carbons (Fsp3) is 0.500. The number of benzene rings is 1. The molecule has 1 heterocycles. The van der Waals surface area contributed by atoms with Gasteiger partial charge in [0.1, 0.15) is 12.6 Å². The highest BCUT2D eigenvalue weighted by Crippen LogP contribution is 2.38. The third-order valence-electron chi connectivity index (χ3n) is 4.90. The summed E-state index contributed by atoms with van der Waals surface area (Å²) in [6.07, 6.45) is 3.42. The highest BCUT2D eigenvalue weighted by atomic mass is 79.9. The third kappa shape index (κ3) is 3.24. The van der Waals surface area contributed by atoms with Gasteiger partial charge in [-0.1, -0.05) is 40.9 Å². The topological polar surface area (TPSA) is 63.7 Å². The van der Waals surface area contributed by atoms with Crippen LogP contribution in [0.5, 0.6) is 0 Å². The maximum atomic E-state index is 12.5. The zero-order valence-electron chi connectivity index (χ0n) is 13.5. The number of nitrogens with zero attached hydrogens (tertiary/aromatic N) is 1. The van der Waals surface area contributed by atoms with E-state index in [4.69, 9.17) is 4.74 Å². The number of esters is 1. The number of halogens is 1. The number of carbonyl (C=O) groups excluding carboxylic acids is 3. The average molecular weight is 394 g/mol. The van der Waals surface area contributed by atoms with Crippen molar-refractivity contribution in [3.8, 4) is 0 Å². The van der Waals surface area contributed by atoms with Crippen LogP contribution in [0.2, 0.25) is 0 Å². The van der Waals surface area contributed by atoms with Crippen LogP contribution >= 0.6 is 15.9 Å². The standard InChI is InChI=1S/C18H20BrNO4/c1-11(18(23)24-10-12-6-8-13(19)9-7-12)20-16(21)14-4-2-3-5-15(14)17(20)22/h6-9,11,14-15H,2-5,10H2,1H3/t11-,14-,15-/m0/s1. The number of hydrogen-bond donors (Lipinski definition) is 0. The predicted octanol–water partition coefficient (Wildman–Crippen LogP) is 3.06. The van der Waals surface area contributed by atoms with E-state index in [1.54, 1.807) is 6.92 Å². The van der Waals surface area contributed by atoms with Crippen molar-refractivity contribution in [2.75, 3.05) is 0 Å². The summed E-state index contributed by atoms with van der Waals surface area (Å²) < 4.78 is 6.24. The van der Waals surface area contributed by atoms with Gasteiger partial charge < -0.3 is 4.74 Å². The smallest absolute Gasteiger partial charge is 0.329 e. The maximum absolute atomic E-state index is 12.5. The number of carbonyl (C=O) groups is 3. The van der Waals surface area contributed by atoms with Crippen LogP contribution in [0.3, 0.4) is 0 Å². The maximum Gasteiger partial charge on any atom is 0.329 e. The first-order chi connectivity index (χ1) is 11.5. The number of fused-ring (bicyclic) bond motifs is 1. The second kappa shape index (κ2) is 7.05. The minimum absolute atomic E-state index is 0.125. The molecule has 1 aliphatic heterocycles. The molecule has 1 saturated carbocycles. The van der Waals surface area contributed by atoms with E-state index in [9.17, 15) is 14.4 Å². The Balaban J connectivity index is 1.63. The molecule has 2 amide bonds. The van der Waals surface area contributed by atoms with Gasteiger partial charge in [0.15, 0.2) is 0 Å². The summed E-state index contributed by atoms with van der Waals surface area (Å²) in [4.78, 5) is 38.4. The molecule has 6 heteroatoms. The Morgan fingerprint density at radius 3 is 2.25 bits per heavy atom. The molecular weight excluding hydrogens is 374 g/mol. The van der Waals surface area contributed by atoms with Crippen LogP contribution in [0.4, 0.5) is 0 Å². The van der Waals surface area contributed by atoms with Crippen molar-refractivity contribution in [2.45, 2.75) is 45.3 Å². The molecule has 0 spiro atoms. The summed E-state index contributed by atoms with van der Waals surface area (Å²) >= 11 is 3.35. The van der Waals surface area contributed by atoms with Crippen molar-refractivity contribution in [1.29, 1.82) is 0 Å². The number of likely N-dealkylation sites (tertiary alicyclic amines) is 1. The quantitative estimate of drug-likeness (QED) is 0.582. The van der Waals surface area contributed by atoms with Crippen molar-refractivity contribution in [3.63, 3.8) is 0 Å². The van der Waals surface area contributed by atoms with Crippen LogP contribution in [-0.4, -0.2) is 28.7 Å². The van der Waals surface area contributed by atoms with Crippen molar-refractivity contribution < 1.29 is 19.1 Å². The van der Waals surface area contributed by atoms with Gasteiger partial charge in [0.2, 0.25) is 11.8 Å². The van der Waals surface area contributed by atoms with E-state index in [-0.39, 0.29) is 30.3 Å². The van der Waals surface area contributed by atoms with Gasteiger partial charge in [-0.05, 0) is 37.5 Å². The van der Waals surface area contributed by atoms with Crippen LogP contribution in [0.25, 0.3) is 0 Å². The lowest BCUT2D eigenvalue weighted by Crippen LogP contribution is -2.44. The Labute approximate surface area is 149 Å². The minimum Gasteiger partial charge on any atom is -0.459 e. The number of ether oxygens (including phenoxy) is 1. The Kier molecular flexibility index (Phi) is 5.04. The first-order valence-electron chi connectivity index (χ1n) is 8.27. The van der Waals surface area contributed by atoms with Gasteiger partial charge in [-0.25, -0.2) is 4.79 Å². The highest BCUT2D eigenvalue weighted by Gasteiger charge is 2.51. The molecule has 1 aromatic rings. The first-order valence-corrected chi connectivity index (χ1v) is 9.06. The second-order valence-electron chi connectivity index (χ2n) is 6.45. The van der Waals surface area contributed by atoms with Gasteiger partial charge in [0.05, 0.1) is 11.8 Å². The molecule has 5 nitrogen and oxygen atoms in total. The fourth-order valence-corrected chi connectivity index (χ4v) is 3.80. The monoisotopic (exact) mass is 393 g/mol. The molecule has 2 fully saturated rings. The Hall–Kier alpha value is -1.69. The van der Waals surface area contributed by atoms with Crippen molar-refractivity contribution in [3.05, 3.63) is 34.3 Å². The largest absolute Gasteiger partial charge is 0.459 e. The van der Waals surface area contributed by atoms with Crippen LogP contribution in [-0.2, 0) is 25.7 Å². The van der Waals surface area contributed by atoms with E-state index in [2.05, 4.69) is 15.9 Å². The van der Waals surface area contributed by atoms with Gasteiger partial charge in [0, 0.05) is 4.47 Å².